The average molecular weight is 254 g/mol. The van der Waals surface area contributed by atoms with Gasteiger partial charge in [-0.05, 0) is 45.2 Å². The average Bonchev–Trinajstić information content (AvgIpc) is 2.34. The van der Waals surface area contributed by atoms with Crippen LogP contribution in [-0.4, -0.2) is 60.8 Å². The van der Waals surface area contributed by atoms with Crippen molar-refractivity contribution in [2.75, 3.05) is 33.7 Å². The lowest BCUT2D eigenvalue weighted by Gasteiger charge is -2.40. The van der Waals surface area contributed by atoms with Crippen LogP contribution in [0.1, 0.15) is 39.0 Å². The molecule has 0 aromatic rings. The normalized spacial score (nSPS) is 37.7. The van der Waals surface area contributed by atoms with E-state index in [0.717, 1.165) is 32.0 Å². The van der Waals surface area contributed by atoms with E-state index in [0.29, 0.717) is 12.0 Å². The second-order valence-electron chi connectivity index (χ2n) is 6.72. The molecule has 1 N–H and O–H groups in total. The Morgan fingerprint density at radius 2 is 1.78 bits per heavy atom. The zero-order valence-corrected chi connectivity index (χ0v) is 12.3. The largest absolute Gasteiger partial charge is 0.393 e. The molecule has 2 aliphatic rings. The molecule has 3 heteroatoms. The number of rotatable bonds is 3. The van der Waals surface area contributed by atoms with Crippen molar-refractivity contribution in [1.82, 2.24) is 9.80 Å². The number of hydrogen-bond acceptors (Lipinski definition) is 3. The summed E-state index contributed by atoms with van der Waals surface area (Å²) in [6.07, 6.45) is 5.95. The van der Waals surface area contributed by atoms with Gasteiger partial charge in [0.15, 0.2) is 0 Å². The van der Waals surface area contributed by atoms with Crippen molar-refractivity contribution < 1.29 is 5.11 Å². The first-order valence-electron chi connectivity index (χ1n) is 7.63. The third-order valence-corrected chi connectivity index (χ3v) is 5.10. The van der Waals surface area contributed by atoms with E-state index in [9.17, 15) is 5.11 Å². The molecule has 0 amide bonds. The van der Waals surface area contributed by atoms with Crippen molar-refractivity contribution in [2.24, 2.45) is 11.8 Å². The van der Waals surface area contributed by atoms with Gasteiger partial charge in [0.2, 0.25) is 0 Å². The number of likely N-dealkylation sites (N-methyl/N-ethyl adjacent to an activating group) is 2. The van der Waals surface area contributed by atoms with Gasteiger partial charge in [-0.1, -0.05) is 19.8 Å². The third kappa shape index (κ3) is 3.69. The summed E-state index contributed by atoms with van der Waals surface area (Å²) >= 11 is 0. The van der Waals surface area contributed by atoms with Crippen molar-refractivity contribution in [3.63, 3.8) is 0 Å². The SMILES string of the molecule is CC1CCC(C(O)CC2CN(C)CCN2C)CC1. The van der Waals surface area contributed by atoms with Crippen molar-refractivity contribution in [3.05, 3.63) is 0 Å². The summed E-state index contributed by atoms with van der Waals surface area (Å²) in [6.45, 7) is 5.74. The van der Waals surface area contributed by atoms with E-state index in [-0.39, 0.29) is 6.10 Å². The lowest BCUT2D eigenvalue weighted by atomic mass is 9.78. The minimum atomic E-state index is -0.0866. The highest BCUT2D eigenvalue weighted by atomic mass is 16.3. The number of aliphatic hydroxyl groups excluding tert-OH is 1. The van der Waals surface area contributed by atoms with Crippen LogP contribution in [0.2, 0.25) is 0 Å². The fourth-order valence-electron chi connectivity index (χ4n) is 3.50. The molecule has 1 saturated heterocycles. The van der Waals surface area contributed by atoms with E-state index in [1.807, 2.05) is 0 Å². The quantitative estimate of drug-likeness (QED) is 0.832. The summed E-state index contributed by atoms with van der Waals surface area (Å²) in [4.78, 5) is 4.81. The topological polar surface area (TPSA) is 26.7 Å². The molecule has 2 unspecified atom stereocenters. The highest BCUT2D eigenvalue weighted by molar-refractivity contribution is 4.84. The van der Waals surface area contributed by atoms with E-state index in [1.165, 1.54) is 25.7 Å². The van der Waals surface area contributed by atoms with Crippen LogP contribution in [-0.2, 0) is 0 Å². The van der Waals surface area contributed by atoms with Crippen molar-refractivity contribution >= 4 is 0 Å². The predicted molar refractivity (Wildman–Crippen MR) is 75.7 cm³/mol. The van der Waals surface area contributed by atoms with Gasteiger partial charge in [-0.2, -0.15) is 0 Å². The first-order chi connectivity index (χ1) is 8.56. The molecule has 18 heavy (non-hydrogen) atoms. The van der Waals surface area contributed by atoms with E-state index < -0.39 is 0 Å². The maximum absolute atomic E-state index is 10.5. The van der Waals surface area contributed by atoms with Crippen LogP contribution >= 0.6 is 0 Å². The van der Waals surface area contributed by atoms with E-state index in [4.69, 9.17) is 0 Å². The summed E-state index contributed by atoms with van der Waals surface area (Å²) in [6, 6.07) is 0.540. The molecule has 1 aliphatic heterocycles. The molecule has 1 heterocycles. The van der Waals surface area contributed by atoms with Crippen molar-refractivity contribution in [2.45, 2.75) is 51.2 Å². The Morgan fingerprint density at radius 3 is 2.44 bits per heavy atom. The van der Waals surface area contributed by atoms with Gasteiger partial charge in [-0.15, -0.1) is 0 Å². The minimum absolute atomic E-state index is 0.0866. The highest BCUT2D eigenvalue weighted by Crippen LogP contribution is 2.32. The smallest absolute Gasteiger partial charge is 0.0583 e. The molecule has 0 aromatic heterocycles. The van der Waals surface area contributed by atoms with Crippen LogP contribution in [0, 0.1) is 11.8 Å². The Kier molecular flexibility index (Phi) is 5.05. The first-order valence-corrected chi connectivity index (χ1v) is 7.63. The molecule has 1 aliphatic carbocycles. The van der Waals surface area contributed by atoms with Crippen LogP contribution in [0.15, 0.2) is 0 Å². The predicted octanol–water partition coefficient (Wildman–Crippen LogP) is 1.81. The number of aliphatic hydroxyl groups is 1. The molecule has 106 valence electrons. The lowest BCUT2D eigenvalue weighted by molar-refractivity contribution is 0.0226. The second kappa shape index (κ2) is 6.36. The summed E-state index contributed by atoms with van der Waals surface area (Å²) < 4.78 is 0. The summed E-state index contributed by atoms with van der Waals surface area (Å²) in [5, 5.41) is 10.5. The van der Waals surface area contributed by atoms with Gasteiger partial charge in [0.25, 0.3) is 0 Å². The monoisotopic (exact) mass is 254 g/mol. The summed E-state index contributed by atoms with van der Waals surface area (Å²) in [7, 11) is 4.39. The second-order valence-corrected chi connectivity index (χ2v) is 6.72. The zero-order chi connectivity index (χ0) is 13.1. The number of nitrogens with zero attached hydrogens (tertiary/aromatic N) is 2. The van der Waals surface area contributed by atoms with E-state index in [2.05, 4.69) is 30.8 Å². The van der Waals surface area contributed by atoms with Gasteiger partial charge in [0.05, 0.1) is 6.10 Å². The van der Waals surface area contributed by atoms with Gasteiger partial charge < -0.3 is 14.9 Å². The molecule has 2 fully saturated rings. The fraction of sp³-hybridized carbons (Fsp3) is 1.00. The van der Waals surface area contributed by atoms with Crippen LogP contribution in [0.3, 0.4) is 0 Å². The summed E-state index contributed by atoms with van der Waals surface area (Å²) in [5.41, 5.74) is 0. The van der Waals surface area contributed by atoms with Gasteiger partial charge >= 0.3 is 0 Å². The number of piperazine rings is 1. The molecular weight excluding hydrogens is 224 g/mol. The molecule has 0 radical (unpaired) electrons. The Labute approximate surface area is 112 Å². The van der Waals surface area contributed by atoms with Crippen LogP contribution in [0.5, 0.6) is 0 Å². The van der Waals surface area contributed by atoms with Gasteiger partial charge in [-0.25, -0.2) is 0 Å². The zero-order valence-electron chi connectivity index (χ0n) is 12.3. The Balaban J connectivity index is 1.80. The Hall–Kier alpha value is -0.120. The summed E-state index contributed by atoms with van der Waals surface area (Å²) in [5.74, 6) is 1.43. The fourth-order valence-corrected chi connectivity index (χ4v) is 3.50. The highest BCUT2D eigenvalue weighted by Gasteiger charge is 2.30. The minimum Gasteiger partial charge on any atom is -0.393 e. The molecular formula is C15H30N2O. The maximum Gasteiger partial charge on any atom is 0.0583 e. The molecule has 2 rings (SSSR count). The van der Waals surface area contributed by atoms with Gasteiger partial charge in [0, 0.05) is 25.7 Å². The van der Waals surface area contributed by atoms with Crippen LogP contribution < -0.4 is 0 Å². The Morgan fingerprint density at radius 1 is 1.11 bits per heavy atom. The van der Waals surface area contributed by atoms with E-state index in [1.54, 1.807) is 0 Å². The van der Waals surface area contributed by atoms with Crippen molar-refractivity contribution in [1.29, 1.82) is 0 Å². The van der Waals surface area contributed by atoms with Crippen molar-refractivity contribution in [3.8, 4) is 0 Å². The van der Waals surface area contributed by atoms with E-state index >= 15 is 0 Å². The molecule has 1 saturated carbocycles. The first kappa shape index (κ1) is 14.3. The molecule has 0 spiro atoms. The molecule has 0 aromatic carbocycles. The molecule has 0 bridgehead atoms. The van der Waals surface area contributed by atoms with Crippen LogP contribution in [0.4, 0.5) is 0 Å². The number of hydrogen-bond donors (Lipinski definition) is 1. The Bertz CT molecular complexity index is 251. The standard InChI is InChI=1S/C15H30N2O/c1-12-4-6-13(7-5-12)15(18)10-14-11-16(2)8-9-17(14)3/h12-15,18H,4-11H2,1-3H3. The maximum atomic E-state index is 10.5. The van der Waals surface area contributed by atoms with Gasteiger partial charge in [0.1, 0.15) is 0 Å². The van der Waals surface area contributed by atoms with Crippen LogP contribution in [0.25, 0.3) is 0 Å². The third-order valence-electron chi connectivity index (χ3n) is 5.10. The molecule has 2 atom stereocenters. The molecule has 3 nitrogen and oxygen atoms in total. The van der Waals surface area contributed by atoms with Gasteiger partial charge in [-0.3, -0.25) is 0 Å². The lowest BCUT2D eigenvalue weighted by Crippen LogP contribution is -2.51.